The number of ether oxygens (including phenoxy) is 1. The van der Waals surface area contributed by atoms with Crippen LogP contribution in [0.15, 0.2) is 0 Å². The van der Waals surface area contributed by atoms with E-state index in [0.29, 0.717) is 6.04 Å². The molecule has 2 rings (SSSR count). The summed E-state index contributed by atoms with van der Waals surface area (Å²) in [6.45, 7) is 19.4. The van der Waals surface area contributed by atoms with Crippen LogP contribution in [0.3, 0.4) is 0 Å². The summed E-state index contributed by atoms with van der Waals surface area (Å²) >= 11 is 0. The number of nitrogens with one attached hydrogen (secondary N) is 1. The molecule has 0 radical (unpaired) electrons. The number of piperidine rings is 1. The lowest BCUT2D eigenvalue weighted by Gasteiger charge is -2.41. The fourth-order valence-corrected chi connectivity index (χ4v) is 4.10. The number of hydrogen-bond acceptors (Lipinski definition) is 3. The van der Waals surface area contributed by atoms with Gasteiger partial charge in [0.15, 0.2) is 0 Å². The van der Waals surface area contributed by atoms with Gasteiger partial charge in [0, 0.05) is 18.1 Å². The van der Waals surface area contributed by atoms with Crippen LogP contribution in [0.25, 0.3) is 0 Å². The van der Waals surface area contributed by atoms with Crippen LogP contribution in [-0.2, 0) is 4.74 Å². The van der Waals surface area contributed by atoms with Crippen LogP contribution in [-0.4, -0.2) is 47.3 Å². The van der Waals surface area contributed by atoms with Crippen LogP contribution in [0.4, 0.5) is 0 Å². The van der Waals surface area contributed by atoms with Crippen molar-refractivity contribution < 1.29 is 4.74 Å². The summed E-state index contributed by atoms with van der Waals surface area (Å²) in [5.41, 5.74) is 0.216. The maximum Gasteiger partial charge on any atom is 0.0789 e. The van der Waals surface area contributed by atoms with E-state index < -0.39 is 0 Å². The van der Waals surface area contributed by atoms with Crippen molar-refractivity contribution >= 4 is 0 Å². The second kappa shape index (κ2) is 5.82. The highest BCUT2D eigenvalue weighted by atomic mass is 16.5. The molecule has 2 heterocycles. The first kappa shape index (κ1) is 17.2. The molecule has 21 heavy (non-hydrogen) atoms. The Labute approximate surface area is 131 Å². The lowest BCUT2D eigenvalue weighted by molar-refractivity contribution is -0.0834. The molecule has 2 aliphatic rings. The van der Waals surface area contributed by atoms with Crippen molar-refractivity contribution in [1.82, 2.24) is 10.2 Å². The van der Waals surface area contributed by atoms with Crippen LogP contribution >= 0.6 is 0 Å². The molecular weight excluding hydrogens is 260 g/mol. The van der Waals surface area contributed by atoms with Crippen molar-refractivity contribution in [2.75, 3.05) is 19.6 Å². The second-order valence-electron chi connectivity index (χ2n) is 9.32. The molecule has 2 atom stereocenters. The lowest BCUT2D eigenvalue weighted by Crippen LogP contribution is -2.52. The van der Waals surface area contributed by atoms with Crippen LogP contribution in [0.1, 0.15) is 67.7 Å². The zero-order chi connectivity index (χ0) is 15.9. The predicted octanol–water partition coefficient (Wildman–Crippen LogP) is 3.43. The fraction of sp³-hybridized carbons (Fsp3) is 1.00. The summed E-state index contributed by atoms with van der Waals surface area (Å²) in [5.74, 6) is 0.775. The van der Waals surface area contributed by atoms with Crippen molar-refractivity contribution in [1.29, 1.82) is 0 Å². The van der Waals surface area contributed by atoms with Gasteiger partial charge < -0.3 is 10.1 Å². The molecule has 2 fully saturated rings. The normalized spacial score (nSPS) is 33.3. The summed E-state index contributed by atoms with van der Waals surface area (Å²) in [6.07, 6.45) is 3.83. The molecule has 0 aromatic heterocycles. The van der Waals surface area contributed by atoms with Gasteiger partial charge in [-0.1, -0.05) is 0 Å². The summed E-state index contributed by atoms with van der Waals surface area (Å²) in [6, 6.07) is 0.560. The Balaban J connectivity index is 1.95. The minimum absolute atomic E-state index is 0.0186. The van der Waals surface area contributed by atoms with Gasteiger partial charge in [0.25, 0.3) is 0 Å². The Hall–Kier alpha value is -0.120. The topological polar surface area (TPSA) is 24.5 Å². The summed E-state index contributed by atoms with van der Waals surface area (Å²) < 4.78 is 6.29. The minimum atomic E-state index is -0.0250. The van der Waals surface area contributed by atoms with Crippen LogP contribution in [0.5, 0.6) is 0 Å². The van der Waals surface area contributed by atoms with E-state index in [1.165, 1.54) is 25.9 Å². The first-order valence-electron chi connectivity index (χ1n) is 8.68. The summed E-state index contributed by atoms with van der Waals surface area (Å²) in [4.78, 5) is 2.70. The van der Waals surface area contributed by atoms with E-state index in [-0.39, 0.29) is 16.7 Å². The van der Waals surface area contributed by atoms with Gasteiger partial charge in [0.05, 0.1) is 11.2 Å². The molecule has 0 aromatic carbocycles. The summed E-state index contributed by atoms with van der Waals surface area (Å²) in [5, 5.41) is 3.68. The van der Waals surface area contributed by atoms with E-state index in [1.807, 2.05) is 0 Å². The Bertz CT molecular complexity index is 357. The third kappa shape index (κ3) is 4.67. The summed E-state index contributed by atoms with van der Waals surface area (Å²) in [7, 11) is 0. The van der Waals surface area contributed by atoms with Gasteiger partial charge in [0.2, 0.25) is 0 Å². The van der Waals surface area contributed by atoms with E-state index in [1.54, 1.807) is 0 Å². The molecule has 124 valence electrons. The number of likely N-dealkylation sites (tertiary alicyclic amines) is 1. The standard InChI is InChI=1S/C18H36N2O/c1-16(2,3)19-12-14-9-8-10-20(13-14)15-11-17(4,5)21-18(15,6)7/h14-15,19H,8-13H2,1-7H3. The maximum absolute atomic E-state index is 6.29. The average molecular weight is 296 g/mol. The molecule has 1 N–H and O–H groups in total. The molecule has 0 saturated carbocycles. The van der Waals surface area contributed by atoms with Gasteiger partial charge in [-0.05, 0) is 86.7 Å². The van der Waals surface area contributed by atoms with E-state index >= 15 is 0 Å². The lowest BCUT2D eigenvalue weighted by atomic mass is 9.88. The molecule has 2 aliphatic heterocycles. The molecule has 2 unspecified atom stereocenters. The van der Waals surface area contributed by atoms with Gasteiger partial charge >= 0.3 is 0 Å². The molecule has 0 aromatic rings. The fourth-order valence-electron chi connectivity index (χ4n) is 4.10. The van der Waals surface area contributed by atoms with E-state index in [2.05, 4.69) is 58.7 Å². The van der Waals surface area contributed by atoms with E-state index in [0.717, 1.165) is 18.9 Å². The monoisotopic (exact) mass is 296 g/mol. The third-order valence-electron chi connectivity index (χ3n) is 4.94. The van der Waals surface area contributed by atoms with Gasteiger partial charge in [-0.3, -0.25) is 4.90 Å². The Morgan fingerprint density at radius 1 is 1.19 bits per heavy atom. The highest BCUT2D eigenvalue weighted by Gasteiger charge is 2.48. The minimum Gasteiger partial charge on any atom is -0.368 e. The molecule has 0 bridgehead atoms. The predicted molar refractivity (Wildman–Crippen MR) is 89.7 cm³/mol. The van der Waals surface area contributed by atoms with E-state index in [9.17, 15) is 0 Å². The molecular formula is C18H36N2O. The van der Waals surface area contributed by atoms with Gasteiger partial charge in [0.1, 0.15) is 0 Å². The van der Waals surface area contributed by atoms with Crippen molar-refractivity contribution in [3.63, 3.8) is 0 Å². The smallest absolute Gasteiger partial charge is 0.0789 e. The average Bonchev–Trinajstić information content (AvgIpc) is 2.54. The van der Waals surface area contributed by atoms with Crippen LogP contribution in [0, 0.1) is 5.92 Å². The number of rotatable bonds is 3. The highest BCUT2D eigenvalue weighted by molar-refractivity contribution is 5.01. The van der Waals surface area contributed by atoms with Crippen molar-refractivity contribution in [3.05, 3.63) is 0 Å². The van der Waals surface area contributed by atoms with Gasteiger partial charge in [-0.25, -0.2) is 0 Å². The number of hydrogen-bond donors (Lipinski definition) is 1. The molecule has 2 saturated heterocycles. The van der Waals surface area contributed by atoms with E-state index in [4.69, 9.17) is 4.74 Å². The Morgan fingerprint density at radius 3 is 2.38 bits per heavy atom. The van der Waals surface area contributed by atoms with Crippen molar-refractivity contribution in [2.24, 2.45) is 5.92 Å². The van der Waals surface area contributed by atoms with Crippen LogP contribution < -0.4 is 5.32 Å². The largest absolute Gasteiger partial charge is 0.368 e. The molecule has 0 amide bonds. The second-order valence-corrected chi connectivity index (χ2v) is 9.32. The zero-order valence-electron chi connectivity index (χ0n) is 15.3. The quantitative estimate of drug-likeness (QED) is 0.863. The molecule has 3 nitrogen and oxygen atoms in total. The molecule has 0 spiro atoms. The SMILES string of the molecule is CC(C)(C)NCC1CCCN(C2CC(C)(C)OC2(C)C)C1. The maximum atomic E-state index is 6.29. The van der Waals surface area contributed by atoms with Crippen LogP contribution in [0.2, 0.25) is 0 Å². The molecule has 0 aliphatic carbocycles. The van der Waals surface area contributed by atoms with Crippen molar-refractivity contribution in [2.45, 2.75) is 90.5 Å². The number of nitrogens with zero attached hydrogens (tertiary/aromatic N) is 1. The van der Waals surface area contributed by atoms with Gasteiger partial charge in [-0.15, -0.1) is 0 Å². The van der Waals surface area contributed by atoms with Gasteiger partial charge in [-0.2, -0.15) is 0 Å². The molecule has 3 heteroatoms. The third-order valence-corrected chi connectivity index (χ3v) is 4.94. The Morgan fingerprint density at radius 2 is 1.86 bits per heavy atom. The first-order chi connectivity index (χ1) is 9.49. The highest BCUT2D eigenvalue weighted by Crippen LogP contribution is 2.41. The van der Waals surface area contributed by atoms with Crippen molar-refractivity contribution in [3.8, 4) is 0 Å². The zero-order valence-corrected chi connectivity index (χ0v) is 15.3. The Kier molecular flexibility index (Phi) is 4.78. The first-order valence-corrected chi connectivity index (χ1v) is 8.68.